The van der Waals surface area contributed by atoms with Crippen molar-refractivity contribution in [2.75, 3.05) is 6.61 Å². The van der Waals surface area contributed by atoms with Crippen LogP contribution in [0.25, 0.3) is 0 Å². The molecule has 0 spiro atoms. The number of hydrogen-bond acceptors (Lipinski definition) is 5. The van der Waals surface area contributed by atoms with Crippen LogP contribution < -0.4 is 0 Å². The highest BCUT2D eigenvalue weighted by atomic mass is 16.5. The van der Waals surface area contributed by atoms with Crippen molar-refractivity contribution in [2.24, 2.45) is 0 Å². The van der Waals surface area contributed by atoms with Gasteiger partial charge < -0.3 is 25.2 Å². The van der Waals surface area contributed by atoms with Gasteiger partial charge in [0.05, 0.1) is 12.7 Å². The summed E-state index contributed by atoms with van der Waals surface area (Å²) in [6, 6.07) is 0. The Balaban J connectivity index is 1.89. The van der Waals surface area contributed by atoms with Gasteiger partial charge in [0.15, 0.2) is 0 Å². The lowest BCUT2D eigenvalue weighted by molar-refractivity contribution is -0.188. The maximum atomic E-state index is 10.4. The van der Waals surface area contributed by atoms with Crippen LogP contribution in [0.4, 0.5) is 0 Å². The molecular formula is C17H32O6. The number of carboxylic acid groups (broad SMARTS) is 1. The van der Waals surface area contributed by atoms with Crippen molar-refractivity contribution in [1.82, 2.24) is 0 Å². The Labute approximate surface area is 138 Å². The molecule has 1 heterocycles. The first-order chi connectivity index (χ1) is 11.0. The second kappa shape index (κ2) is 11.8. The van der Waals surface area contributed by atoms with Gasteiger partial charge in [-0.1, -0.05) is 51.4 Å². The third kappa shape index (κ3) is 8.65. The van der Waals surface area contributed by atoms with Gasteiger partial charge in [-0.05, 0) is 12.8 Å². The first kappa shape index (κ1) is 20.4. The highest BCUT2D eigenvalue weighted by Gasteiger charge is 2.36. The zero-order chi connectivity index (χ0) is 17.1. The largest absolute Gasteiger partial charge is 0.481 e. The molecule has 6 nitrogen and oxygen atoms in total. The van der Waals surface area contributed by atoms with Gasteiger partial charge >= 0.3 is 5.97 Å². The zero-order valence-corrected chi connectivity index (χ0v) is 13.9. The van der Waals surface area contributed by atoms with E-state index in [0.29, 0.717) is 6.42 Å². The van der Waals surface area contributed by atoms with Gasteiger partial charge in [0.1, 0.15) is 18.3 Å². The summed E-state index contributed by atoms with van der Waals surface area (Å²) in [4.78, 5) is 10.4. The second-order valence-corrected chi connectivity index (χ2v) is 6.53. The fraction of sp³-hybridized carbons (Fsp3) is 0.941. The number of rotatable bonds is 12. The predicted molar refractivity (Wildman–Crippen MR) is 86.2 cm³/mol. The van der Waals surface area contributed by atoms with Crippen LogP contribution in [0.5, 0.6) is 0 Å². The number of ether oxygens (including phenoxy) is 1. The molecule has 0 aromatic heterocycles. The summed E-state index contributed by atoms with van der Waals surface area (Å²) in [6.07, 6.45) is 7.09. The minimum absolute atomic E-state index is 0.0881. The molecule has 4 N–H and O–H groups in total. The number of aliphatic hydroxyl groups is 3. The van der Waals surface area contributed by atoms with E-state index in [2.05, 4.69) is 0 Å². The van der Waals surface area contributed by atoms with Crippen molar-refractivity contribution in [3.63, 3.8) is 0 Å². The highest BCUT2D eigenvalue weighted by Crippen LogP contribution is 2.21. The molecule has 0 unspecified atom stereocenters. The lowest BCUT2D eigenvalue weighted by atomic mass is 9.95. The monoisotopic (exact) mass is 332 g/mol. The van der Waals surface area contributed by atoms with Crippen molar-refractivity contribution in [1.29, 1.82) is 0 Å². The van der Waals surface area contributed by atoms with Crippen molar-refractivity contribution >= 4 is 5.97 Å². The molecule has 0 bridgehead atoms. The van der Waals surface area contributed by atoms with E-state index < -0.39 is 24.3 Å². The highest BCUT2D eigenvalue weighted by molar-refractivity contribution is 5.66. The van der Waals surface area contributed by atoms with E-state index in [4.69, 9.17) is 9.84 Å². The number of carbonyl (C=O) groups is 1. The van der Waals surface area contributed by atoms with Crippen LogP contribution >= 0.6 is 0 Å². The van der Waals surface area contributed by atoms with E-state index in [1.165, 1.54) is 12.8 Å². The first-order valence-electron chi connectivity index (χ1n) is 8.90. The molecule has 0 amide bonds. The molecule has 4 atom stereocenters. The van der Waals surface area contributed by atoms with Crippen molar-refractivity contribution < 1.29 is 30.0 Å². The number of unbranched alkanes of at least 4 members (excludes halogenated alkanes) is 8. The van der Waals surface area contributed by atoms with Crippen molar-refractivity contribution in [2.45, 2.75) is 95.0 Å². The molecule has 23 heavy (non-hydrogen) atoms. The molecule has 0 aromatic rings. The van der Waals surface area contributed by atoms with E-state index in [9.17, 15) is 20.1 Å². The van der Waals surface area contributed by atoms with Crippen LogP contribution in [-0.4, -0.2) is 57.4 Å². The zero-order valence-electron chi connectivity index (χ0n) is 13.9. The fourth-order valence-corrected chi connectivity index (χ4v) is 2.98. The Morgan fingerprint density at radius 1 is 0.826 bits per heavy atom. The summed E-state index contributed by atoms with van der Waals surface area (Å²) in [5, 5.41) is 37.3. The van der Waals surface area contributed by atoms with Crippen LogP contribution in [0.2, 0.25) is 0 Å². The van der Waals surface area contributed by atoms with E-state index >= 15 is 0 Å². The van der Waals surface area contributed by atoms with Gasteiger partial charge in [0.25, 0.3) is 0 Å². The minimum atomic E-state index is -1.10. The third-order valence-corrected chi connectivity index (χ3v) is 4.49. The Bertz CT molecular complexity index is 322. The topological polar surface area (TPSA) is 107 Å². The maximum absolute atomic E-state index is 10.4. The van der Waals surface area contributed by atoms with Crippen LogP contribution in [0.1, 0.15) is 70.6 Å². The minimum Gasteiger partial charge on any atom is -0.481 e. The molecule has 1 fully saturated rings. The molecule has 0 aromatic carbocycles. The normalized spacial score (nSPS) is 28.0. The lowest BCUT2D eigenvalue weighted by Gasteiger charge is -2.35. The Morgan fingerprint density at radius 3 is 1.91 bits per heavy atom. The van der Waals surface area contributed by atoms with Gasteiger partial charge in [-0.3, -0.25) is 4.79 Å². The molecule has 0 aliphatic carbocycles. The average molecular weight is 332 g/mol. The van der Waals surface area contributed by atoms with Crippen molar-refractivity contribution in [3.8, 4) is 0 Å². The van der Waals surface area contributed by atoms with Gasteiger partial charge in [-0.15, -0.1) is 0 Å². The second-order valence-electron chi connectivity index (χ2n) is 6.53. The van der Waals surface area contributed by atoms with Crippen LogP contribution in [0.3, 0.4) is 0 Å². The summed E-state index contributed by atoms with van der Waals surface area (Å²) >= 11 is 0. The number of aliphatic hydroxyl groups excluding tert-OH is 3. The SMILES string of the molecule is O=C(O)CCCCCCCCCCC[C@H]1OC[C@@H](O)[C@@H](O)[C@H]1O. The van der Waals surface area contributed by atoms with Gasteiger partial charge in [0.2, 0.25) is 0 Å². The summed E-state index contributed by atoms with van der Waals surface area (Å²) < 4.78 is 5.37. The van der Waals surface area contributed by atoms with Crippen molar-refractivity contribution in [3.05, 3.63) is 0 Å². The third-order valence-electron chi connectivity index (χ3n) is 4.49. The molecule has 0 saturated carbocycles. The molecule has 1 saturated heterocycles. The standard InChI is InChI=1S/C17H32O6/c18-13-12-23-14(17(22)16(13)21)10-8-6-4-2-1-3-5-7-9-11-15(19)20/h13-14,16-18,21-22H,1-12H2,(H,19,20)/t13-,14-,16-,17+/m1/s1. The molecule has 136 valence electrons. The number of carboxylic acids is 1. The summed E-state index contributed by atoms with van der Waals surface area (Å²) in [7, 11) is 0. The van der Waals surface area contributed by atoms with E-state index in [1.807, 2.05) is 0 Å². The number of aliphatic carboxylic acids is 1. The van der Waals surface area contributed by atoms with E-state index in [1.54, 1.807) is 0 Å². The van der Waals surface area contributed by atoms with Gasteiger partial charge in [-0.25, -0.2) is 0 Å². The summed E-state index contributed by atoms with van der Waals surface area (Å²) in [6.45, 7) is 0.0881. The quantitative estimate of drug-likeness (QED) is 0.406. The smallest absolute Gasteiger partial charge is 0.303 e. The maximum Gasteiger partial charge on any atom is 0.303 e. The Kier molecular flexibility index (Phi) is 10.4. The molecular weight excluding hydrogens is 300 g/mol. The Hall–Kier alpha value is -0.690. The number of hydrogen-bond donors (Lipinski definition) is 4. The molecule has 0 radical (unpaired) electrons. The van der Waals surface area contributed by atoms with Crippen LogP contribution in [0.15, 0.2) is 0 Å². The van der Waals surface area contributed by atoms with E-state index in [-0.39, 0.29) is 19.1 Å². The lowest BCUT2D eigenvalue weighted by Crippen LogP contribution is -2.52. The molecule has 6 heteroatoms. The van der Waals surface area contributed by atoms with Gasteiger partial charge in [-0.2, -0.15) is 0 Å². The van der Waals surface area contributed by atoms with E-state index in [0.717, 1.165) is 44.9 Å². The summed E-state index contributed by atoms with van der Waals surface area (Å²) in [5.74, 6) is -0.709. The average Bonchev–Trinajstić information content (AvgIpc) is 2.52. The molecule has 1 aliphatic rings. The predicted octanol–water partition coefficient (Wildman–Crippen LogP) is 1.84. The summed E-state index contributed by atoms with van der Waals surface area (Å²) in [5.41, 5.74) is 0. The molecule has 1 rings (SSSR count). The van der Waals surface area contributed by atoms with Gasteiger partial charge in [0, 0.05) is 6.42 Å². The fourth-order valence-electron chi connectivity index (χ4n) is 2.98. The Morgan fingerprint density at radius 2 is 1.35 bits per heavy atom. The van der Waals surface area contributed by atoms with Crippen LogP contribution in [-0.2, 0) is 9.53 Å². The first-order valence-corrected chi connectivity index (χ1v) is 8.90. The molecule has 1 aliphatic heterocycles. The van der Waals surface area contributed by atoms with Crippen LogP contribution in [0, 0.1) is 0 Å².